The molecule has 1 aliphatic carbocycles. The van der Waals surface area contributed by atoms with Gasteiger partial charge in [0, 0.05) is 23.4 Å². The topological polar surface area (TPSA) is 89.5 Å². The number of nitrogens with one attached hydrogen (secondary N) is 2. The molecule has 0 radical (unpaired) electrons. The molecule has 1 aromatic carbocycles. The average molecular weight is 406 g/mol. The number of pyridine rings is 1. The van der Waals surface area contributed by atoms with Crippen molar-refractivity contribution in [2.75, 3.05) is 19.5 Å². The molecule has 0 fully saturated rings. The summed E-state index contributed by atoms with van der Waals surface area (Å²) in [6.45, 7) is 0. The number of nitrogens with zero attached hydrogens (tertiary/aromatic N) is 1. The minimum absolute atomic E-state index is 0.0797. The summed E-state index contributed by atoms with van der Waals surface area (Å²) in [6.07, 6.45) is 2.40. The van der Waals surface area contributed by atoms with Gasteiger partial charge in [-0.2, -0.15) is 0 Å². The van der Waals surface area contributed by atoms with Gasteiger partial charge in [-0.25, -0.2) is 19.2 Å². The molecule has 0 atom stereocenters. The highest BCUT2D eigenvalue weighted by Gasteiger charge is 2.27. The van der Waals surface area contributed by atoms with Crippen LogP contribution in [0, 0.1) is 11.6 Å². The molecule has 0 aliphatic heterocycles. The number of carbonyl (C=O) groups is 2. The number of anilines is 1. The summed E-state index contributed by atoms with van der Waals surface area (Å²) < 4.78 is 55.4. The van der Waals surface area contributed by atoms with E-state index in [2.05, 4.69) is 20.6 Å². The number of hydrogen-bond acceptors (Lipinski definition) is 5. The van der Waals surface area contributed by atoms with E-state index in [4.69, 9.17) is 8.85 Å². The number of halogens is 2. The van der Waals surface area contributed by atoms with E-state index in [1.54, 1.807) is 0 Å². The highest BCUT2D eigenvalue weighted by atomic mass is 19.1. The normalized spacial score (nSPS) is 15.3. The van der Waals surface area contributed by atoms with E-state index in [0.717, 1.165) is 12.1 Å². The first-order chi connectivity index (χ1) is 15.1. The largest absolute Gasteiger partial charge is 0.481 e. The van der Waals surface area contributed by atoms with Gasteiger partial charge in [-0.1, -0.05) is 0 Å². The molecule has 0 saturated carbocycles. The van der Waals surface area contributed by atoms with Crippen LogP contribution in [-0.4, -0.2) is 30.9 Å². The van der Waals surface area contributed by atoms with Crippen molar-refractivity contribution < 1.29 is 32.1 Å². The van der Waals surface area contributed by atoms with Crippen molar-refractivity contribution in [1.29, 1.82) is 0 Å². The Bertz CT molecular complexity index is 1070. The molecule has 2 N–H and O–H groups in total. The Balaban J connectivity index is 1.86. The fourth-order valence-corrected chi connectivity index (χ4v) is 3.09. The maximum atomic E-state index is 14.7. The Morgan fingerprint density at radius 1 is 1.10 bits per heavy atom. The number of rotatable bonds is 6. The molecule has 7 nitrogen and oxygen atoms in total. The smallest absolute Gasteiger partial charge is 0.271 e. The van der Waals surface area contributed by atoms with Crippen LogP contribution >= 0.6 is 0 Å². The van der Waals surface area contributed by atoms with Crippen LogP contribution in [0.1, 0.15) is 23.4 Å². The second kappa shape index (κ2) is 8.78. The third-order valence-corrected chi connectivity index (χ3v) is 4.41. The average Bonchev–Trinajstić information content (AvgIpc) is 3.20. The van der Waals surface area contributed by atoms with Gasteiger partial charge in [0.15, 0.2) is 0 Å². The van der Waals surface area contributed by atoms with Crippen molar-refractivity contribution in [3.05, 3.63) is 53.2 Å². The Morgan fingerprint density at radius 3 is 2.45 bits per heavy atom. The van der Waals surface area contributed by atoms with E-state index in [1.165, 1.54) is 25.4 Å². The van der Waals surface area contributed by atoms with E-state index >= 15 is 0 Å². The number of carbonyl (C=O) groups excluding carboxylic acids is 2. The fraction of sp³-hybridized carbons (Fsp3) is 0.250. The molecular formula is C20H19F2N3O4. The lowest BCUT2D eigenvalue weighted by Gasteiger charge is -2.12. The Kier molecular flexibility index (Phi) is 5.03. The van der Waals surface area contributed by atoms with Gasteiger partial charge in [-0.3, -0.25) is 14.4 Å². The van der Waals surface area contributed by atoms with Crippen molar-refractivity contribution >= 4 is 17.5 Å². The first-order valence-electron chi connectivity index (χ1n) is 10.1. The van der Waals surface area contributed by atoms with Gasteiger partial charge >= 0.3 is 0 Å². The van der Waals surface area contributed by atoms with Crippen molar-refractivity contribution in [3.63, 3.8) is 0 Å². The molecule has 0 bridgehead atoms. The van der Waals surface area contributed by atoms with Gasteiger partial charge in [0.1, 0.15) is 17.3 Å². The van der Waals surface area contributed by atoms with Gasteiger partial charge in [0.05, 0.1) is 18.3 Å². The molecule has 1 heterocycles. The maximum absolute atomic E-state index is 14.7. The fourth-order valence-electron chi connectivity index (χ4n) is 3.09. The summed E-state index contributed by atoms with van der Waals surface area (Å²) in [6, 6.07) is 4.61. The summed E-state index contributed by atoms with van der Waals surface area (Å²) in [5.41, 5.74) is 2.12. The number of hydroxylamine groups is 1. The van der Waals surface area contributed by atoms with Gasteiger partial charge in [0.2, 0.25) is 5.88 Å². The van der Waals surface area contributed by atoms with Crippen molar-refractivity contribution in [1.82, 2.24) is 10.5 Å². The molecule has 152 valence electrons. The van der Waals surface area contributed by atoms with Crippen LogP contribution in [0.2, 0.25) is 0 Å². The third kappa shape index (κ3) is 4.40. The van der Waals surface area contributed by atoms with E-state index in [1.807, 2.05) is 0 Å². The van der Waals surface area contributed by atoms with Gasteiger partial charge in [-0.05, 0) is 48.6 Å². The molecule has 3 rings (SSSR count). The maximum Gasteiger partial charge on any atom is 0.271 e. The quantitative estimate of drug-likeness (QED) is 0.720. The predicted octanol–water partition coefficient (Wildman–Crippen LogP) is 3.13. The summed E-state index contributed by atoms with van der Waals surface area (Å²) in [5, 5.41) is 2.19. The lowest BCUT2D eigenvalue weighted by molar-refractivity contribution is -0.127. The molecule has 0 saturated heterocycles. The first-order valence-corrected chi connectivity index (χ1v) is 8.60. The number of ether oxygens (including phenoxy) is 1. The van der Waals surface area contributed by atoms with Crippen LogP contribution in [0.25, 0.3) is 11.1 Å². The summed E-state index contributed by atoms with van der Waals surface area (Å²) in [7, 11) is -1.48. The molecule has 2 aromatic rings. The minimum Gasteiger partial charge on any atom is -0.481 e. The molecular weight excluding hydrogens is 384 g/mol. The zero-order valence-corrected chi connectivity index (χ0v) is 15.3. The standard InChI is InChI=1S/C20H19F2N3O4/c1-28-17-10-11(6-7-23-17)12-8-15(21)18(16(22)9-12)24-19(26)13-4-3-5-14(13)20(27)25-29-2/h6-10H,3-5H2,1-2H3,(H,24,26)(H,25,27)/i1D3. The lowest BCUT2D eigenvalue weighted by atomic mass is 10.1. The van der Waals surface area contributed by atoms with E-state index < -0.39 is 36.2 Å². The van der Waals surface area contributed by atoms with Crippen LogP contribution in [-0.2, 0) is 14.4 Å². The Morgan fingerprint density at radius 2 is 1.79 bits per heavy atom. The zero-order valence-electron chi connectivity index (χ0n) is 18.3. The molecule has 1 aromatic heterocycles. The van der Waals surface area contributed by atoms with E-state index in [-0.39, 0.29) is 34.6 Å². The predicted molar refractivity (Wildman–Crippen MR) is 101 cm³/mol. The summed E-state index contributed by atoms with van der Waals surface area (Å²) in [5.74, 6) is -3.71. The number of benzene rings is 1. The van der Waals surface area contributed by atoms with Gasteiger partial charge in [-0.15, -0.1) is 0 Å². The zero-order chi connectivity index (χ0) is 23.5. The summed E-state index contributed by atoms with van der Waals surface area (Å²) in [4.78, 5) is 32.9. The van der Waals surface area contributed by atoms with Crippen LogP contribution < -0.4 is 15.5 Å². The molecule has 1 aliphatic rings. The summed E-state index contributed by atoms with van der Waals surface area (Å²) >= 11 is 0. The third-order valence-electron chi connectivity index (χ3n) is 4.41. The first kappa shape index (κ1) is 16.6. The SMILES string of the molecule is [2H]C([2H])([2H])Oc1cc(-c2cc(F)c(NC(=O)C3=C(C(=O)NOC)CCC3)c(F)c2)ccn1. The molecule has 0 spiro atoms. The monoisotopic (exact) mass is 406 g/mol. The minimum atomic E-state index is -2.73. The van der Waals surface area contributed by atoms with Crippen molar-refractivity contribution in [3.8, 4) is 17.0 Å². The van der Waals surface area contributed by atoms with E-state index in [9.17, 15) is 18.4 Å². The number of hydrogen-bond donors (Lipinski definition) is 2. The Labute approximate surface area is 169 Å². The Hall–Kier alpha value is -3.33. The van der Waals surface area contributed by atoms with Crippen molar-refractivity contribution in [2.45, 2.75) is 19.3 Å². The van der Waals surface area contributed by atoms with Crippen LogP contribution in [0.3, 0.4) is 0 Å². The highest BCUT2D eigenvalue weighted by Crippen LogP contribution is 2.31. The second-order valence-corrected chi connectivity index (χ2v) is 6.20. The van der Waals surface area contributed by atoms with E-state index in [0.29, 0.717) is 12.8 Å². The lowest BCUT2D eigenvalue weighted by Crippen LogP contribution is -2.26. The van der Waals surface area contributed by atoms with Gasteiger partial charge < -0.3 is 10.1 Å². The van der Waals surface area contributed by atoms with Crippen LogP contribution in [0.15, 0.2) is 41.6 Å². The number of amides is 2. The molecule has 29 heavy (non-hydrogen) atoms. The molecule has 9 heteroatoms. The number of aromatic nitrogens is 1. The van der Waals surface area contributed by atoms with Crippen LogP contribution in [0.5, 0.6) is 5.88 Å². The van der Waals surface area contributed by atoms with Crippen molar-refractivity contribution in [2.24, 2.45) is 0 Å². The number of methoxy groups -OCH3 is 1. The highest BCUT2D eigenvalue weighted by molar-refractivity contribution is 6.10. The molecule has 2 amide bonds. The van der Waals surface area contributed by atoms with Gasteiger partial charge in [0.25, 0.3) is 11.8 Å². The second-order valence-electron chi connectivity index (χ2n) is 6.20. The molecule has 0 unspecified atom stereocenters. The van der Waals surface area contributed by atoms with Crippen LogP contribution in [0.4, 0.5) is 14.5 Å².